The van der Waals surface area contributed by atoms with Crippen LogP contribution in [0.25, 0.3) is 0 Å². The largest absolute Gasteiger partial charge is 0.355 e. The molecule has 1 aromatic carbocycles. The molecule has 1 amide bonds. The van der Waals surface area contributed by atoms with Gasteiger partial charge in [-0.1, -0.05) is 24.3 Å². The minimum Gasteiger partial charge on any atom is -0.355 e. The smallest absolute Gasteiger partial charge is 0.237 e. The summed E-state index contributed by atoms with van der Waals surface area (Å²) in [6.07, 6.45) is 2.90. The molecule has 1 atom stereocenters. The van der Waals surface area contributed by atoms with Crippen molar-refractivity contribution in [3.8, 4) is 0 Å². The number of amides is 1. The summed E-state index contributed by atoms with van der Waals surface area (Å²) in [5.41, 5.74) is 3.85. The zero-order chi connectivity index (χ0) is 16.9. The molecule has 5 heteroatoms. The van der Waals surface area contributed by atoms with Crippen LogP contribution >= 0.6 is 11.3 Å². The van der Waals surface area contributed by atoms with E-state index in [9.17, 15) is 4.79 Å². The Kier molecular flexibility index (Phi) is 5.63. The number of fused-ring (bicyclic) bond motifs is 1. The molecular formula is C19H25N3OS. The Labute approximate surface area is 147 Å². The Morgan fingerprint density at radius 1 is 1.38 bits per heavy atom. The van der Waals surface area contributed by atoms with Gasteiger partial charge in [0.25, 0.3) is 0 Å². The van der Waals surface area contributed by atoms with Crippen molar-refractivity contribution in [3.63, 3.8) is 0 Å². The summed E-state index contributed by atoms with van der Waals surface area (Å²) in [7, 11) is 0. The topological polar surface area (TPSA) is 45.2 Å². The van der Waals surface area contributed by atoms with Crippen molar-refractivity contribution in [2.75, 3.05) is 13.1 Å². The second-order valence-electron chi connectivity index (χ2n) is 6.44. The fraction of sp³-hybridized carbons (Fsp3) is 0.474. The van der Waals surface area contributed by atoms with Crippen LogP contribution in [0.4, 0.5) is 0 Å². The van der Waals surface area contributed by atoms with E-state index in [0.29, 0.717) is 6.54 Å². The fourth-order valence-corrected chi connectivity index (χ4v) is 3.95. The number of hydrogen-bond donors (Lipinski definition) is 1. The molecule has 0 fully saturated rings. The molecule has 1 unspecified atom stereocenters. The van der Waals surface area contributed by atoms with Gasteiger partial charge in [-0.2, -0.15) is 0 Å². The van der Waals surface area contributed by atoms with E-state index in [0.717, 1.165) is 43.1 Å². The zero-order valence-corrected chi connectivity index (χ0v) is 15.2. The van der Waals surface area contributed by atoms with Gasteiger partial charge in [-0.05, 0) is 37.8 Å². The molecule has 0 saturated carbocycles. The van der Waals surface area contributed by atoms with Gasteiger partial charge in [-0.3, -0.25) is 9.69 Å². The summed E-state index contributed by atoms with van der Waals surface area (Å²) < 4.78 is 0. The molecule has 0 saturated heterocycles. The molecule has 1 N–H and O–H groups in total. The molecule has 1 aliphatic heterocycles. The van der Waals surface area contributed by atoms with Crippen LogP contribution in [-0.2, 0) is 24.2 Å². The Morgan fingerprint density at radius 2 is 2.17 bits per heavy atom. The number of carbonyl (C=O) groups is 1. The first-order valence-electron chi connectivity index (χ1n) is 8.63. The van der Waals surface area contributed by atoms with Crippen LogP contribution in [0, 0.1) is 6.92 Å². The summed E-state index contributed by atoms with van der Waals surface area (Å²) in [5, 5.41) is 6.31. The summed E-state index contributed by atoms with van der Waals surface area (Å²) in [4.78, 5) is 19.1. The lowest BCUT2D eigenvalue weighted by Crippen LogP contribution is -2.47. The molecule has 1 aromatic heterocycles. The average Bonchev–Trinajstić information content (AvgIpc) is 3.02. The molecule has 2 heterocycles. The number of aryl methyl sites for hydroxylation is 2. The lowest BCUT2D eigenvalue weighted by Gasteiger charge is -2.32. The first-order valence-corrected chi connectivity index (χ1v) is 9.51. The summed E-state index contributed by atoms with van der Waals surface area (Å²) in [5.74, 6) is 0.129. The van der Waals surface area contributed by atoms with Crippen molar-refractivity contribution in [2.24, 2.45) is 0 Å². The van der Waals surface area contributed by atoms with Gasteiger partial charge in [0, 0.05) is 37.1 Å². The quantitative estimate of drug-likeness (QED) is 0.820. The van der Waals surface area contributed by atoms with Gasteiger partial charge in [-0.15, -0.1) is 11.3 Å². The number of nitrogens with zero attached hydrogens (tertiary/aromatic N) is 2. The number of aromatic nitrogens is 1. The van der Waals surface area contributed by atoms with Gasteiger partial charge in [0.15, 0.2) is 0 Å². The molecule has 0 spiro atoms. The van der Waals surface area contributed by atoms with E-state index >= 15 is 0 Å². The third kappa shape index (κ3) is 4.22. The van der Waals surface area contributed by atoms with Gasteiger partial charge in [0.2, 0.25) is 5.91 Å². The first-order chi connectivity index (χ1) is 11.6. The average molecular weight is 343 g/mol. The predicted molar refractivity (Wildman–Crippen MR) is 98.2 cm³/mol. The number of rotatable bonds is 6. The summed E-state index contributed by atoms with van der Waals surface area (Å²) in [6.45, 7) is 6.55. The van der Waals surface area contributed by atoms with E-state index in [-0.39, 0.29) is 11.9 Å². The molecule has 0 radical (unpaired) electrons. The zero-order valence-electron chi connectivity index (χ0n) is 14.4. The van der Waals surface area contributed by atoms with Crippen molar-refractivity contribution in [1.82, 2.24) is 15.2 Å². The highest BCUT2D eigenvalue weighted by molar-refractivity contribution is 7.09. The Morgan fingerprint density at radius 3 is 2.92 bits per heavy atom. The van der Waals surface area contributed by atoms with Crippen LogP contribution in [0.15, 0.2) is 29.6 Å². The SMILES string of the molecule is Cc1csc(CCCNC(=O)C(C)N2CCc3ccccc3C2)n1. The maximum atomic E-state index is 12.4. The standard InChI is InChI=1S/C19H25N3OS/c1-14-13-24-18(21-14)8-5-10-20-19(23)15(2)22-11-9-16-6-3-4-7-17(16)12-22/h3-4,6-7,13,15H,5,8-12H2,1-2H3,(H,20,23). The second-order valence-corrected chi connectivity index (χ2v) is 7.39. The lowest BCUT2D eigenvalue weighted by molar-refractivity contribution is -0.126. The van der Waals surface area contributed by atoms with Gasteiger partial charge in [-0.25, -0.2) is 4.98 Å². The minimum atomic E-state index is -0.0829. The normalized spacial score (nSPS) is 15.8. The highest BCUT2D eigenvalue weighted by atomic mass is 32.1. The second kappa shape index (κ2) is 7.90. The van der Waals surface area contributed by atoms with Crippen molar-refractivity contribution < 1.29 is 4.79 Å². The molecule has 0 aliphatic carbocycles. The molecule has 0 bridgehead atoms. The van der Waals surface area contributed by atoms with Crippen LogP contribution in [0.2, 0.25) is 0 Å². The van der Waals surface area contributed by atoms with Crippen LogP contribution in [0.1, 0.15) is 35.2 Å². The molecule has 4 nitrogen and oxygen atoms in total. The van der Waals surface area contributed by atoms with Crippen molar-refractivity contribution in [2.45, 2.75) is 45.7 Å². The Balaban J connectivity index is 1.43. The van der Waals surface area contributed by atoms with Gasteiger partial charge in [0.05, 0.1) is 11.0 Å². The third-order valence-corrected chi connectivity index (χ3v) is 5.65. The molecule has 128 valence electrons. The fourth-order valence-electron chi connectivity index (χ4n) is 3.13. The van der Waals surface area contributed by atoms with Gasteiger partial charge in [0.1, 0.15) is 0 Å². The van der Waals surface area contributed by atoms with E-state index in [1.54, 1.807) is 11.3 Å². The first kappa shape index (κ1) is 17.1. The maximum absolute atomic E-state index is 12.4. The van der Waals surface area contributed by atoms with Gasteiger partial charge >= 0.3 is 0 Å². The molecule has 3 rings (SSSR count). The van der Waals surface area contributed by atoms with Crippen LogP contribution in [0.3, 0.4) is 0 Å². The van der Waals surface area contributed by atoms with Crippen molar-refractivity contribution in [3.05, 3.63) is 51.5 Å². The Bertz CT molecular complexity index is 697. The molecular weight excluding hydrogens is 318 g/mol. The van der Waals surface area contributed by atoms with Gasteiger partial charge < -0.3 is 5.32 Å². The van der Waals surface area contributed by atoms with E-state index in [1.807, 2.05) is 13.8 Å². The van der Waals surface area contributed by atoms with E-state index in [2.05, 4.69) is 44.8 Å². The highest BCUT2D eigenvalue weighted by Gasteiger charge is 2.24. The van der Waals surface area contributed by atoms with E-state index < -0.39 is 0 Å². The highest BCUT2D eigenvalue weighted by Crippen LogP contribution is 2.20. The van der Waals surface area contributed by atoms with Crippen molar-refractivity contribution in [1.29, 1.82) is 0 Å². The molecule has 2 aromatic rings. The summed E-state index contributed by atoms with van der Waals surface area (Å²) >= 11 is 1.70. The summed E-state index contributed by atoms with van der Waals surface area (Å²) in [6, 6.07) is 8.45. The van der Waals surface area contributed by atoms with E-state index in [1.165, 1.54) is 11.1 Å². The maximum Gasteiger partial charge on any atom is 0.237 e. The predicted octanol–water partition coefficient (Wildman–Crippen LogP) is 2.95. The van der Waals surface area contributed by atoms with E-state index in [4.69, 9.17) is 0 Å². The number of thiazole rings is 1. The molecule has 1 aliphatic rings. The van der Waals surface area contributed by atoms with Crippen molar-refractivity contribution >= 4 is 17.2 Å². The number of nitrogens with one attached hydrogen (secondary N) is 1. The number of hydrogen-bond acceptors (Lipinski definition) is 4. The third-order valence-electron chi connectivity index (χ3n) is 4.62. The lowest BCUT2D eigenvalue weighted by atomic mass is 9.99. The van der Waals surface area contributed by atoms with Crippen LogP contribution in [-0.4, -0.2) is 34.9 Å². The van der Waals surface area contributed by atoms with Crippen LogP contribution < -0.4 is 5.32 Å². The molecule has 24 heavy (non-hydrogen) atoms. The monoisotopic (exact) mass is 343 g/mol. The minimum absolute atomic E-state index is 0.0829. The number of benzene rings is 1. The van der Waals surface area contributed by atoms with Crippen LogP contribution in [0.5, 0.6) is 0 Å². The number of carbonyl (C=O) groups excluding carboxylic acids is 1. The Hall–Kier alpha value is -1.72.